The lowest BCUT2D eigenvalue weighted by atomic mass is 10.1. The van der Waals surface area contributed by atoms with Gasteiger partial charge in [0.05, 0.1) is 26.4 Å². The highest BCUT2D eigenvalue weighted by Gasteiger charge is 2.30. The Hall–Kier alpha value is -1.94. The lowest BCUT2D eigenvalue weighted by Crippen LogP contribution is -2.30. The fourth-order valence-corrected chi connectivity index (χ4v) is 10.9. The van der Waals surface area contributed by atoms with Gasteiger partial charge in [-0.15, -0.1) is 0 Å². The number of unbranched alkanes of at least 4 members (excludes halogenated alkanes) is 37. The molecular formula is C62H120O17P2. The number of aliphatic hydroxyl groups excluding tert-OH is 1. The molecule has 0 fully saturated rings. The first-order chi connectivity index (χ1) is 39.2. The monoisotopic (exact) mass is 1200 g/mol. The molecule has 0 aliphatic rings. The van der Waals surface area contributed by atoms with Crippen LogP contribution in [0.15, 0.2) is 0 Å². The van der Waals surface area contributed by atoms with Gasteiger partial charge in [0.1, 0.15) is 19.3 Å². The molecule has 0 aliphatic carbocycles. The van der Waals surface area contributed by atoms with Gasteiger partial charge in [-0.2, -0.15) is 0 Å². The van der Waals surface area contributed by atoms with Gasteiger partial charge in [0.25, 0.3) is 0 Å². The molecule has 480 valence electrons. The molecule has 19 heteroatoms. The molecular weight excluding hydrogens is 1080 g/mol. The van der Waals surface area contributed by atoms with Crippen LogP contribution in [0.25, 0.3) is 0 Å². The van der Waals surface area contributed by atoms with Crippen molar-refractivity contribution in [3.63, 3.8) is 0 Å². The number of ether oxygens (including phenoxy) is 4. The zero-order valence-corrected chi connectivity index (χ0v) is 53.5. The predicted octanol–water partition coefficient (Wildman–Crippen LogP) is 17.2. The van der Waals surface area contributed by atoms with Crippen LogP contribution in [0.5, 0.6) is 0 Å². The summed E-state index contributed by atoms with van der Waals surface area (Å²) in [6.45, 7) is 4.85. The van der Waals surface area contributed by atoms with Gasteiger partial charge < -0.3 is 33.8 Å². The average Bonchev–Trinajstić information content (AvgIpc) is 3.44. The second-order valence-electron chi connectivity index (χ2n) is 22.4. The maximum absolute atomic E-state index is 12.9. The molecule has 0 heterocycles. The van der Waals surface area contributed by atoms with Crippen LogP contribution in [0.1, 0.15) is 317 Å². The lowest BCUT2D eigenvalue weighted by molar-refractivity contribution is -0.161. The number of aliphatic hydroxyl groups is 1. The van der Waals surface area contributed by atoms with E-state index in [4.69, 9.17) is 37.0 Å². The molecule has 0 bridgehead atoms. The number of phosphoric ester groups is 2. The van der Waals surface area contributed by atoms with Gasteiger partial charge in [-0.3, -0.25) is 37.3 Å². The molecule has 0 aliphatic heterocycles. The van der Waals surface area contributed by atoms with Crippen molar-refractivity contribution in [2.75, 3.05) is 39.6 Å². The first-order valence-electron chi connectivity index (χ1n) is 32.8. The minimum Gasteiger partial charge on any atom is -0.462 e. The second-order valence-corrected chi connectivity index (χ2v) is 25.4. The van der Waals surface area contributed by atoms with E-state index in [1.165, 1.54) is 141 Å². The van der Waals surface area contributed by atoms with E-state index in [0.29, 0.717) is 25.7 Å². The zero-order chi connectivity index (χ0) is 59.8. The number of hydrogen-bond donors (Lipinski definition) is 3. The van der Waals surface area contributed by atoms with E-state index in [-0.39, 0.29) is 25.7 Å². The van der Waals surface area contributed by atoms with Crippen molar-refractivity contribution in [2.24, 2.45) is 0 Å². The Balaban J connectivity index is 5.22. The molecule has 0 saturated carbocycles. The lowest BCUT2D eigenvalue weighted by Gasteiger charge is -2.21. The highest BCUT2D eigenvalue weighted by molar-refractivity contribution is 7.47. The quantitative estimate of drug-likeness (QED) is 0.0222. The van der Waals surface area contributed by atoms with Crippen LogP contribution >= 0.6 is 15.6 Å². The maximum atomic E-state index is 12.9. The summed E-state index contributed by atoms with van der Waals surface area (Å²) in [7, 11) is -9.88. The zero-order valence-electron chi connectivity index (χ0n) is 51.7. The van der Waals surface area contributed by atoms with Crippen molar-refractivity contribution in [3.05, 3.63) is 0 Å². The number of carbonyl (C=O) groups excluding carboxylic acids is 4. The molecule has 0 aromatic heterocycles. The van der Waals surface area contributed by atoms with Crippen molar-refractivity contribution in [3.8, 4) is 0 Å². The van der Waals surface area contributed by atoms with Crippen LogP contribution in [0.3, 0.4) is 0 Å². The van der Waals surface area contributed by atoms with Crippen LogP contribution in [0.2, 0.25) is 0 Å². The van der Waals surface area contributed by atoms with Crippen LogP contribution in [0, 0.1) is 0 Å². The van der Waals surface area contributed by atoms with Crippen LogP contribution in [0.4, 0.5) is 0 Å². The third kappa shape index (κ3) is 56.9. The number of phosphoric acid groups is 2. The van der Waals surface area contributed by atoms with Crippen LogP contribution < -0.4 is 0 Å². The van der Waals surface area contributed by atoms with Crippen molar-refractivity contribution < 1.29 is 80.2 Å². The summed E-state index contributed by atoms with van der Waals surface area (Å²) in [5.74, 6) is -2.13. The molecule has 0 spiro atoms. The highest BCUT2D eigenvalue weighted by Crippen LogP contribution is 2.45. The number of esters is 4. The number of hydrogen-bond acceptors (Lipinski definition) is 15. The van der Waals surface area contributed by atoms with E-state index in [9.17, 15) is 43.2 Å². The van der Waals surface area contributed by atoms with Gasteiger partial charge >= 0.3 is 39.5 Å². The summed E-state index contributed by atoms with van der Waals surface area (Å²) >= 11 is 0. The van der Waals surface area contributed by atoms with Gasteiger partial charge in [0.2, 0.25) is 0 Å². The molecule has 0 aromatic carbocycles. The number of carbonyl (C=O) groups is 4. The Kier molecular flexibility index (Phi) is 55.8. The molecule has 0 radical (unpaired) electrons. The van der Waals surface area contributed by atoms with Gasteiger partial charge in [0.15, 0.2) is 12.2 Å². The fourth-order valence-electron chi connectivity index (χ4n) is 9.28. The van der Waals surface area contributed by atoms with Crippen molar-refractivity contribution in [1.29, 1.82) is 0 Å². The van der Waals surface area contributed by atoms with Crippen molar-refractivity contribution >= 4 is 39.5 Å². The largest absolute Gasteiger partial charge is 0.472 e. The minimum atomic E-state index is -4.94. The Bertz CT molecular complexity index is 1570. The van der Waals surface area contributed by atoms with Crippen molar-refractivity contribution in [1.82, 2.24) is 0 Å². The first kappa shape index (κ1) is 79.1. The van der Waals surface area contributed by atoms with Gasteiger partial charge in [-0.1, -0.05) is 265 Å². The third-order valence-corrected chi connectivity index (χ3v) is 16.3. The van der Waals surface area contributed by atoms with Gasteiger partial charge in [-0.05, 0) is 25.7 Å². The summed E-state index contributed by atoms with van der Waals surface area (Å²) in [5, 5.41) is 10.5. The SMILES string of the molecule is CCCCCCCCCCCCCC(=O)OC[C@H](COP(=O)(O)OC[C@@H](O)COP(=O)(O)OC[C@@H](COC(=O)CCCCCCCCCC)OC(=O)CCCCCCCCCCCCC)OC(=O)CCCCCCCCCCCCC. The molecule has 5 atom stereocenters. The number of rotatable bonds is 63. The predicted molar refractivity (Wildman–Crippen MR) is 322 cm³/mol. The van der Waals surface area contributed by atoms with E-state index in [1.807, 2.05) is 0 Å². The van der Waals surface area contributed by atoms with E-state index in [2.05, 4.69) is 27.7 Å². The first-order valence-corrected chi connectivity index (χ1v) is 35.8. The molecule has 0 aromatic rings. The Labute approximate surface area is 492 Å². The molecule has 3 N–H and O–H groups in total. The highest BCUT2D eigenvalue weighted by atomic mass is 31.2. The maximum Gasteiger partial charge on any atom is 0.472 e. The summed E-state index contributed by atoms with van der Waals surface area (Å²) in [4.78, 5) is 72.0. The average molecular weight is 1200 g/mol. The van der Waals surface area contributed by atoms with Gasteiger partial charge in [0, 0.05) is 25.7 Å². The fraction of sp³-hybridized carbons (Fsp3) is 0.935. The van der Waals surface area contributed by atoms with E-state index < -0.39 is 97.5 Å². The normalized spacial score (nSPS) is 14.2. The standard InChI is InChI=1S/C62H120O17P2/c1-5-9-13-17-21-25-28-31-35-39-43-47-60(65)73-53-58(79-62(67)49-45-41-37-33-30-27-23-19-15-11-7-3)55-77-81(70,71)75-51-56(63)50-74-80(68,69)76-54-57(52-72-59(64)46-42-38-34-24-20-16-12-8-4)78-61(66)48-44-40-36-32-29-26-22-18-14-10-6-2/h56-58,63H,5-55H2,1-4H3,(H,68,69)(H,70,71)/t56-,57+,58+/m0/s1. The van der Waals surface area contributed by atoms with Crippen LogP contribution in [-0.2, 0) is 65.4 Å². The third-order valence-electron chi connectivity index (χ3n) is 14.4. The summed E-state index contributed by atoms with van der Waals surface area (Å²) in [6.07, 6.45) is 41.5. The summed E-state index contributed by atoms with van der Waals surface area (Å²) < 4.78 is 67.9. The van der Waals surface area contributed by atoms with Crippen molar-refractivity contribution in [2.45, 2.75) is 335 Å². The van der Waals surface area contributed by atoms with E-state index in [0.717, 1.165) is 96.3 Å². The van der Waals surface area contributed by atoms with E-state index in [1.54, 1.807) is 0 Å². The summed E-state index contributed by atoms with van der Waals surface area (Å²) in [6, 6.07) is 0. The molecule has 2 unspecified atom stereocenters. The Morgan fingerprint density at radius 3 is 0.728 bits per heavy atom. The Morgan fingerprint density at radius 2 is 0.494 bits per heavy atom. The molecule has 0 amide bonds. The molecule has 0 rings (SSSR count). The topological polar surface area (TPSA) is 237 Å². The minimum absolute atomic E-state index is 0.107. The Morgan fingerprint density at radius 1 is 0.296 bits per heavy atom. The molecule has 17 nitrogen and oxygen atoms in total. The smallest absolute Gasteiger partial charge is 0.462 e. The van der Waals surface area contributed by atoms with Crippen LogP contribution in [-0.4, -0.2) is 96.7 Å². The van der Waals surface area contributed by atoms with E-state index >= 15 is 0 Å². The van der Waals surface area contributed by atoms with Gasteiger partial charge in [-0.25, -0.2) is 9.13 Å². The summed E-state index contributed by atoms with van der Waals surface area (Å²) in [5.41, 5.74) is 0. The second kappa shape index (κ2) is 57.2. The molecule has 0 saturated heterocycles. The molecule has 81 heavy (non-hydrogen) atoms.